The summed E-state index contributed by atoms with van der Waals surface area (Å²) >= 11 is 6.26. The third-order valence-electron chi connectivity index (χ3n) is 5.44. The summed E-state index contributed by atoms with van der Waals surface area (Å²) in [5, 5.41) is 27.6. The zero-order valence-corrected chi connectivity index (χ0v) is 20.0. The number of rotatable bonds is 10. The van der Waals surface area contributed by atoms with E-state index in [1.807, 2.05) is 0 Å². The van der Waals surface area contributed by atoms with Crippen LogP contribution in [-0.2, 0) is 14.3 Å². The molecular weight excluding hydrogens is 490 g/mol. The fourth-order valence-electron chi connectivity index (χ4n) is 3.77. The fourth-order valence-corrected chi connectivity index (χ4v) is 4.01. The van der Waals surface area contributed by atoms with Crippen LogP contribution in [0.25, 0.3) is 0 Å². The predicted molar refractivity (Wildman–Crippen MR) is 131 cm³/mol. The maximum atomic E-state index is 12.5. The van der Waals surface area contributed by atoms with E-state index in [4.69, 9.17) is 16.3 Å². The van der Waals surface area contributed by atoms with Gasteiger partial charge in [-0.05, 0) is 23.8 Å². The Balaban J connectivity index is 1.70. The summed E-state index contributed by atoms with van der Waals surface area (Å²) < 4.78 is 5.56. The van der Waals surface area contributed by atoms with Crippen molar-refractivity contribution in [3.63, 3.8) is 0 Å². The van der Waals surface area contributed by atoms with Gasteiger partial charge in [0.05, 0.1) is 47.1 Å². The minimum atomic E-state index is -1.32. The van der Waals surface area contributed by atoms with Gasteiger partial charge in [-0.2, -0.15) is 0 Å². The van der Waals surface area contributed by atoms with Crippen LogP contribution < -0.4 is 16.0 Å². The lowest BCUT2D eigenvalue weighted by Crippen LogP contribution is -2.32. The summed E-state index contributed by atoms with van der Waals surface area (Å²) in [4.78, 5) is 48.5. The van der Waals surface area contributed by atoms with Gasteiger partial charge in [-0.15, -0.1) is 0 Å². The van der Waals surface area contributed by atoms with E-state index in [-0.39, 0.29) is 52.8 Å². The Bertz CT molecular complexity index is 1260. The van der Waals surface area contributed by atoms with Crippen molar-refractivity contribution < 1.29 is 34.1 Å². The smallest absolute Gasteiger partial charge is 0.334 e. The normalized spacial score (nSPS) is 14.9. The molecule has 0 radical (unpaired) electrons. The Morgan fingerprint density at radius 2 is 1.61 bits per heavy atom. The largest absolute Gasteiger partial charge is 0.478 e. The van der Waals surface area contributed by atoms with Gasteiger partial charge in [-0.1, -0.05) is 41.9 Å². The van der Waals surface area contributed by atoms with Gasteiger partial charge in [-0.3, -0.25) is 9.59 Å². The number of dihydropyridines is 1. The zero-order chi connectivity index (χ0) is 26.2. The van der Waals surface area contributed by atoms with Gasteiger partial charge in [0.2, 0.25) is 0 Å². The van der Waals surface area contributed by atoms with E-state index < -0.39 is 29.7 Å². The van der Waals surface area contributed by atoms with Crippen molar-refractivity contribution in [2.24, 2.45) is 0 Å². The molecule has 0 aliphatic carbocycles. The number of carboxylic acid groups (broad SMARTS) is 2. The number of carbonyl (C=O) groups is 4. The quantitative estimate of drug-likeness (QED) is 0.303. The van der Waals surface area contributed by atoms with Gasteiger partial charge in [0.25, 0.3) is 11.8 Å². The van der Waals surface area contributed by atoms with E-state index in [0.29, 0.717) is 5.56 Å². The third kappa shape index (κ3) is 5.91. The standard InChI is InChI=1S/C25H24ClN3O7/c1-27-22(30)14-6-2-3-7-15(14)23(31)28-10-11-36-13-19-21(25(34)35)20(17(12-29-19)24(32)33)16-8-4-5-9-18(16)26/h2-9,12,20,29H,10-11,13H2,1H3,(H,27,30)(H,28,31)(H,32,33)(H,34,35). The number of amides is 2. The van der Waals surface area contributed by atoms with Crippen LogP contribution in [0.2, 0.25) is 5.02 Å². The van der Waals surface area contributed by atoms with Crippen LogP contribution in [0.1, 0.15) is 32.2 Å². The Morgan fingerprint density at radius 3 is 2.22 bits per heavy atom. The molecule has 0 fully saturated rings. The van der Waals surface area contributed by atoms with Crippen molar-refractivity contribution in [2.75, 3.05) is 26.8 Å². The Labute approximate surface area is 211 Å². The molecule has 11 heteroatoms. The SMILES string of the molecule is CNC(=O)c1ccccc1C(=O)NCCOCC1=C(C(=O)O)C(c2ccccc2Cl)C(C(=O)O)=CN1. The van der Waals surface area contributed by atoms with Crippen LogP contribution in [0.4, 0.5) is 0 Å². The molecule has 1 unspecified atom stereocenters. The number of benzene rings is 2. The minimum absolute atomic E-state index is 0.0260. The van der Waals surface area contributed by atoms with E-state index in [1.165, 1.54) is 25.4 Å². The van der Waals surface area contributed by atoms with Crippen LogP contribution in [0, 0.1) is 0 Å². The highest BCUT2D eigenvalue weighted by molar-refractivity contribution is 6.31. The predicted octanol–water partition coefficient (Wildman–Crippen LogP) is 2.14. The number of halogens is 1. The van der Waals surface area contributed by atoms with Crippen LogP contribution in [0.15, 0.2) is 71.6 Å². The summed E-state index contributed by atoms with van der Waals surface area (Å²) in [6, 6.07) is 12.8. The van der Waals surface area contributed by atoms with Crippen LogP contribution in [-0.4, -0.2) is 60.8 Å². The lowest BCUT2D eigenvalue weighted by Gasteiger charge is -2.27. The molecule has 0 saturated heterocycles. The third-order valence-corrected chi connectivity index (χ3v) is 5.79. The first-order chi connectivity index (χ1) is 17.3. The molecule has 2 aromatic carbocycles. The van der Waals surface area contributed by atoms with E-state index in [2.05, 4.69) is 16.0 Å². The zero-order valence-electron chi connectivity index (χ0n) is 19.2. The van der Waals surface area contributed by atoms with Crippen molar-refractivity contribution in [3.8, 4) is 0 Å². The topological polar surface area (TPSA) is 154 Å². The van der Waals surface area contributed by atoms with Crippen molar-refractivity contribution in [1.82, 2.24) is 16.0 Å². The highest BCUT2D eigenvalue weighted by Gasteiger charge is 2.36. The maximum absolute atomic E-state index is 12.5. The Morgan fingerprint density at radius 1 is 0.972 bits per heavy atom. The number of hydrogen-bond acceptors (Lipinski definition) is 6. The number of carbonyl (C=O) groups excluding carboxylic acids is 2. The number of hydrogen-bond donors (Lipinski definition) is 5. The minimum Gasteiger partial charge on any atom is -0.478 e. The molecule has 188 valence electrons. The summed E-state index contributed by atoms with van der Waals surface area (Å²) in [6.45, 7) is -0.0738. The van der Waals surface area contributed by atoms with Crippen molar-refractivity contribution in [2.45, 2.75) is 5.92 Å². The molecule has 0 saturated carbocycles. The van der Waals surface area contributed by atoms with Gasteiger partial charge < -0.3 is 30.9 Å². The monoisotopic (exact) mass is 513 g/mol. The first kappa shape index (κ1) is 26.5. The van der Waals surface area contributed by atoms with Crippen LogP contribution >= 0.6 is 11.6 Å². The molecule has 0 aromatic heterocycles. The molecule has 1 aliphatic heterocycles. The van der Waals surface area contributed by atoms with Gasteiger partial charge >= 0.3 is 11.9 Å². The molecule has 0 bridgehead atoms. The van der Waals surface area contributed by atoms with E-state index >= 15 is 0 Å². The second-order valence-corrected chi connectivity index (χ2v) is 8.04. The molecule has 2 aromatic rings. The number of ether oxygens (including phenoxy) is 1. The second-order valence-electron chi connectivity index (χ2n) is 7.63. The van der Waals surface area contributed by atoms with Gasteiger partial charge in [0.15, 0.2) is 0 Å². The molecule has 10 nitrogen and oxygen atoms in total. The molecule has 5 N–H and O–H groups in total. The molecule has 3 rings (SSSR count). The average molecular weight is 514 g/mol. The van der Waals surface area contributed by atoms with Crippen molar-refractivity contribution in [1.29, 1.82) is 0 Å². The van der Waals surface area contributed by atoms with Crippen molar-refractivity contribution >= 4 is 35.4 Å². The van der Waals surface area contributed by atoms with Gasteiger partial charge in [0.1, 0.15) is 0 Å². The summed E-state index contributed by atoms with van der Waals surface area (Å²) in [5.74, 6) is -4.58. The molecule has 36 heavy (non-hydrogen) atoms. The number of nitrogens with one attached hydrogen (secondary N) is 3. The average Bonchev–Trinajstić information content (AvgIpc) is 2.87. The second kappa shape index (κ2) is 12.0. The van der Waals surface area contributed by atoms with E-state index in [0.717, 1.165) is 0 Å². The Kier molecular flexibility index (Phi) is 8.82. The molecule has 1 aliphatic rings. The molecule has 1 atom stereocenters. The fraction of sp³-hybridized carbons (Fsp3) is 0.200. The molecule has 2 amide bonds. The number of aliphatic carboxylic acids is 2. The van der Waals surface area contributed by atoms with Gasteiger partial charge in [-0.25, -0.2) is 9.59 Å². The lowest BCUT2D eigenvalue weighted by atomic mass is 9.82. The summed E-state index contributed by atoms with van der Waals surface area (Å²) in [6.07, 6.45) is 1.22. The first-order valence-electron chi connectivity index (χ1n) is 10.8. The molecule has 1 heterocycles. The maximum Gasteiger partial charge on any atom is 0.334 e. The lowest BCUT2D eigenvalue weighted by molar-refractivity contribution is -0.133. The van der Waals surface area contributed by atoms with Gasteiger partial charge in [0, 0.05) is 24.8 Å². The van der Waals surface area contributed by atoms with Crippen LogP contribution in [0.3, 0.4) is 0 Å². The summed E-state index contributed by atoms with van der Waals surface area (Å²) in [5.41, 5.74) is 0.557. The Hall–Kier alpha value is -4.15. The molecular formula is C25H24ClN3O7. The highest BCUT2D eigenvalue weighted by atomic mass is 35.5. The van der Waals surface area contributed by atoms with E-state index in [1.54, 1.807) is 36.4 Å². The summed E-state index contributed by atoms with van der Waals surface area (Å²) in [7, 11) is 1.47. The van der Waals surface area contributed by atoms with Crippen molar-refractivity contribution in [3.05, 3.63) is 93.3 Å². The highest BCUT2D eigenvalue weighted by Crippen LogP contribution is 2.39. The first-order valence-corrected chi connectivity index (χ1v) is 11.2. The van der Waals surface area contributed by atoms with Crippen LogP contribution in [0.5, 0.6) is 0 Å². The van der Waals surface area contributed by atoms with E-state index in [9.17, 15) is 29.4 Å². The molecule has 0 spiro atoms. The number of carboxylic acids is 2.